The van der Waals surface area contributed by atoms with Crippen LogP contribution in [-0.2, 0) is 0 Å². The van der Waals surface area contributed by atoms with Crippen LogP contribution in [0, 0.1) is 19.7 Å². The van der Waals surface area contributed by atoms with Crippen molar-refractivity contribution in [2.45, 2.75) is 13.8 Å². The van der Waals surface area contributed by atoms with Gasteiger partial charge in [0.15, 0.2) is 0 Å². The smallest absolute Gasteiger partial charge is 0.137 e. The Kier molecular flexibility index (Phi) is 2.61. The highest BCUT2D eigenvalue weighted by molar-refractivity contribution is 9.10. The van der Waals surface area contributed by atoms with Gasteiger partial charge in [-0.2, -0.15) is 5.10 Å². The molecule has 15 heavy (non-hydrogen) atoms. The Bertz CT molecular complexity index is 505. The third-order valence-corrected chi connectivity index (χ3v) is 3.05. The molecule has 0 saturated heterocycles. The zero-order chi connectivity index (χ0) is 11.0. The Labute approximate surface area is 95.6 Å². The number of halogens is 2. The normalized spacial score (nSPS) is 10.7. The Morgan fingerprint density at radius 1 is 1.33 bits per heavy atom. The van der Waals surface area contributed by atoms with Crippen molar-refractivity contribution in [2.75, 3.05) is 0 Å². The van der Waals surface area contributed by atoms with Crippen molar-refractivity contribution in [1.29, 1.82) is 0 Å². The Morgan fingerprint density at radius 2 is 2.07 bits per heavy atom. The van der Waals surface area contributed by atoms with Gasteiger partial charge in [-0.1, -0.05) is 0 Å². The minimum absolute atomic E-state index is 0.260. The first kappa shape index (κ1) is 10.4. The molecule has 0 spiro atoms. The number of aromatic nitrogens is 2. The van der Waals surface area contributed by atoms with Gasteiger partial charge in [0.2, 0.25) is 0 Å². The molecule has 2 rings (SSSR count). The Hall–Kier alpha value is -1.16. The van der Waals surface area contributed by atoms with Crippen LogP contribution in [0.15, 0.2) is 22.7 Å². The molecule has 1 aromatic heterocycles. The van der Waals surface area contributed by atoms with E-state index in [-0.39, 0.29) is 5.82 Å². The molecule has 2 nitrogen and oxygen atoms in total. The van der Waals surface area contributed by atoms with E-state index in [4.69, 9.17) is 0 Å². The molecule has 0 aliphatic rings. The van der Waals surface area contributed by atoms with Gasteiger partial charge in [-0.3, -0.25) is 5.10 Å². The first-order chi connectivity index (χ1) is 7.09. The molecule has 0 fully saturated rings. The molecule has 2 aromatic rings. The molecule has 0 bridgehead atoms. The van der Waals surface area contributed by atoms with Crippen LogP contribution in [0.5, 0.6) is 0 Å². The van der Waals surface area contributed by atoms with Crippen LogP contribution in [0.1, 0.15) is 11.3 Å². The number of nitrogens with one attached hydrogen (secondary N) is 1. The molecular weight excluding hydrogens is 259 g/mol. The van der Waals surface area contributed by atoms with E-state index in [2.05, 4.69) is 26.1 Å². The summed E-state index contributed by atoms with van der Waals surface area (Å²) in [5.74, 6) is -0.260. The Morgan fingerprint density at radius 3 is 2.60 bits per heavy atom. The fraction of sp³-hybridized carbons (Fsp3) is 0.182. The summed E-state index contributed by atoms with van der Waals surface area (Å²) in [7, 11) is 0. The van der Waals surface area contributed by atoms with Gasteiger partial charge in [0.1, 0.15) is 5.82 Å². The van der Waals surface area contributed by atoms with Crippen LogP contribution in [0.2, 0.25) is 0 Å². The quantitative estimate of drug-likeness (QED) is 0.841. The topological polar surface area (TPSA) is 28.7 Å². The van der Waals surface area contributed by atoms with E-state index < -0.39 is 0 Å². The third kappa shape index (κ3) is 1.81. The van der Waals surface area contributed by atoms with Gasteiger partial charge in [0, 0.05) is 11.3 Å². The molecule has 0 unspecified atom stereocenters. The summed E-state index contributed by atoms with van der Waals surface area (Å²) in [4.78, 5) is 0. The van der Waals surface area contributed by atoms with E-state index in [1.807, 2.05) is 13.8 Å². The number of rotatable bonds is 1. The maximum atomic E-state index is 13.0. The van der Waals surface area contributed by atoms with Crippen molar-refractivity contribution in [3.8, 4) is 11.3 Å². The first-order valence-corrected chi connectivity index (χ1v) is 5.36. The second-order valence-electron chi connectivity index (χ2n) is 3.45. The van der Waals surface area contributed by atoms with Crippen LogP contribution in [0.25, 0.3) is 11.3 Å². The predicted molar refractivity (Wildman–Crippen MR) is 61.2 cm³/mol. The summed E-state index contributed by atoms with van der Waals surface area (Å²) >= 11 is 3.16. The average Bonchev–Trinajstić information content (AvgIpc) is 2.53. The molecule has 0 amide bonds. The molecule has 0 aliphatic heterocycles. The third-order valence-electron chi connectivity index (χ3n) is 2.45. The van der Waals surface area contributed by atoms with Crippen molar-refractivity contribution in [2.24, 2.45) is 0 Å². The lowest BCUT2D eigenvalue weighted by Gasteiger charge is -2.00. The summed E-state index contributed by atoms with van der Waals surface area (Å²) in [5, 5.41) is 7.10. The molecule has 1 heterocycles. The highest BCUT2D eigenvalue weighted by Crippen LogP contribution is 2.26. The van der Waals surface area contributed by atoms with Crippen LogP contribution < -0.4 is 0 Å². The number of aryl methyl sites for hydroxylation is 1. The van der Waals surface area contributed by atoms with E-state index in [0.717, 1.165) is 22.5 Å². The molecule has 0 saturated carbocycles. The van der Waals surface area contributed by atoms with Gasteiger partial charge in [-0.25, -0.2) is 4.39 Å². The fourth-order valence-electron chi connectivity index (χ4n) is 1.41. The Balaban J connectivity index is 2.55. The zero-order valence-corrected chi connectivity index (χ0v) is 10.0. The van der Waals surface area contributed by atoms with Crippen LogP contribution >= 0.6 is 15.9 Å². The number of benzene rings is 1. The van der Waals surface area contributed by atoms with Gasteiger partial charge in [-0.15, -0.1) is 0 Å². The van der Waals surface area contributed by atoms with E-state index >= 15 is 0 Å². The van der Waals surface area contributed by atoms with Crippen molar-refractivity contribution >= 4 is 15.9 Å². The average molecular weight is 269 g/mol. The molecule has 0 aliphatic carbocycles. The zero-order valence-electron chi connectivity index (χ0n) is 8.44. The standard InChI is InChI=1S/C11H10BrFN2/c1-6-7(2)14-15-11(6)8-3-4-10(13)9(12)5-8/h3-5H,1-2H3,(H,14,15). The van der Waals surface area contributed by atoms with Crippen molar-refractivity contribution < 1.29 is 4.39 Å². The maximum absolute atomic E-state index is 13.0. The van der Waals surface area contributed by atoms with Gasteiger partial charge < -0.3 is 0 Å². The number of nitrogens with zero attached hydrogens (tertiary/aromatic N) is 1. The summed E-state index contributed by atoms with van der Waals surface area (Å²) in [5.41, 5.74) is 3.90. The highest BCUT2D eigenvalue weighted by Gasteiger charge is 2.09. The van der Waals surface area contributed by atoms with E-state index in [1.54, 1.807) is 12.1 Å². The van der Waals surface area contributed by atoms with Crippen molar-refractivity contribution in [3.05, 3.63) is 39.7 Å². The molecular formula is C11H10BrFN2. The molecule has 4 heteroatoms. The summed E-state index contributed by atoms with van der Waals surface area (Å²) in [6.45, 7) is 3.95. The number of hydrogen-bond acceptors (Lipinski definition) is 1. The molecule has 78 valence electrons. The molecule has 1 aromatic carbocycles. The van der Waals surface area contributed by atoms with Crippen molar-refractivity contribution in [1.82, 2.24) is 10.2 Å². The number of H-pyrrole nitrogens is 1. The van der Waals surface area contributed by atoms with E-state index in [9.17, 15) is 4.39 Å². The van der Waals surface area contributed by atoms with Gasteiger partial charge in [0.25, 0.3) is 0 Å². The van der Waals surface area contributed by atoms with Gasteiger partial charge in [0.05, 0.1) is 10.2 Å². The largest absolute Gasteiger partial charge is 0.282 e. The van der Waals surface area contributed by atoms with E-state index in [0.29, 0.717) is 4.47 Å². The first-order valence-electron chi connectivity index (χ1n) is 4.56. The molecule has 0 atom stereocenters. The van der Waals surface area contributed by atoms with Crippen LogP contribution in [0.4, 0.5) is 4.39 Å². The number of hydrogen-bond donors (Lipinski definition) is 1. The number of aromatic amines is 1. The second-order valence-corrected chi connectivity index (χ2v) is 4.31. The minimum atomic E-state index is -0.260. The minimum Gasteiger partial charge on any atom is -0.282 e. The monoisotopic (exact) mass is 268 g/mol. The summed E-state index contributed by atoms with van der Waals surface area (Å²) in [6, 6.07) is 4.89. The lowest BCUT2D eigenvalue weighted by molar-refractivity contribution is 0.621. The van der Waals surface area contributed by atoms with Crippen molar-refractivity contribution in [3.63, 3.8) is 0 Å². The maximum Gasteiger partial charge on any atom is 0.137 e. The SMILES string of the molecule is Cc1[nH]nc(-c2ccc(F)c(Br)c2)c1C. The van der Waals surface area contributed by atoms with E-state index in [1.165, 1.54) is 6.07 Å². The highest BCUT2D eigenvalue weighted by atomic mass is 79.9. The van der Waals surface area contributed by atoms with Crippen LogP contribution in [-0.4, -0.2) is 10.2 Å². The summed E-state index contributed by atoms with van der Waals surface area (Å²) in [6.07, 6.45) is 0. The lowest BCUT2D eigenvalue weighted by Crippen LogP contribution is -1.84. The second kappa shape index (κ2) is 3.77. The van der Waals surface area contributed by atoms with Gasteiger partial charge >= 0.3 is 0 Å². The lowest BCUT2D eigenvalue weighted by atomic mass is 10.1. The molecule has 0 radical (unpaired) electrons. The fourth-order valence-corrected chi connectivity index (χ4v) is 1.79. The summed E-state index contributed by atoms with van der Waals surface area (Å²) < 4.78 is 13.5. The van der Waals surface area contributed by atoms with Crippen LogP contribution in [0.3, 0.4) is 0 Å². The van der Waals surface area contributed by atoms with Gasteiger partial charge in [-0.05, 0) is 53.5 Å². The molecule has 1 N–H and O–H groups in total. The predicted octanol–water partition coefficient (Wildman–Crippen LogP) is 3.60.